The number of primary sulfonamides is 1. The van der Waals surface area contributed by atoms with Gasteiger partial charge in [0.2, 0.25) is 15.9 Å². The second kappa shape index (κ2) is 4.88. The van der Waals surface area contributed by atoms with Crippen LogP contribution in [0.5, 0.6) is 0 Å². The van der Waals surface area contributed by atoms with Crippen molar-refractivity contribution in [2.45, 2.75) is 18.6 Å². The molecule has 1 amide bonds. The van der Waals surface area contributed by atoms with Crippen LogP contribution in [-0.4, -0.2) is 37.2 Å². The number of carboxylic acid groups (broad SMARTS) is 1. The molecule has 20 heavy (non-hydrogen) atoms. The molecule has 7 nitrogen and oxygen atoms in total. The Hall–Kier alpha value is -1.93. The summed E-state index contributed by atoms with van der Waals surface area (Å²) in [6.07, 6.45) is -0.185. The number of carboxylic acids is 1. The summed E-state index contributed by atoms with van der Waals surface area (Å²) in [6, 6.07) is 4.54. The molecule has 108 valence electrons. The highest BCUT2D eigenvalue weighted by Crippen LogP contribution is 2.28. The van der Waals surface area contributed by atoms with E-state index in [0.717, 1.165) is 0 Å². The molecule has 0 radical (unpaired) electrons. The van der Waals surface area contributed by atoms with Crippen molar-refractivity contribution in [2.24, 2.45) is 5.14 Å². The number of carbonyl (C=O) groups excluding carboxylic acids is 1. The van der Waals surface area contributed by atoms with Crippen LogP contribution < -0.4 is 10.0 Å². The monoisotopic (exact) mass is 298 g/mol. The van der Waals surface area contributed by atoms with Gasteiger partial charge in [-0.15, -0.1) is 0 Å². The highest BCUT2D eigenvalue weighted by Gasteiger charge is 2.37. The first-order valence-corrected chi connectivity index (χ1v) is 7.47. The maximum absolute atomic E-state index is 11.9. The molecule has 2 rings (SSSR count). The molecule has 1 heterocycles. The van der Waals surface area contributed by atoms with E-state index in [9.17, 15) is 18.0 Å². The Labute approximate surface area is 116 Å². The second-order valence-electron chi connectivity index (χ2n) is 4.67. The third-order valence-electron chi connectivity index (χ3n) is 3.38. The van der Waals surface area contributed by atoms with E-state index in [4.69, 9.17) is 10.2 Å². The molecule has 0 aliphatic carbocycles. The summed E-state index contributed by atoms with van der Waals surface area (Å²) in [5, 5.41) is 13.2. The minimum absolute atomic E-state index is 0.0540. The van der Waals surface area contributed by atoms with Gasteiger partial charge in [0.15, 0.2) is 0 Å². The zero-order chi connectivity index (χ0) is 15.1. The van der Waals surface area contributed by atoms with Gasteiger partial charge in [0.25, 0.3) is 0 Å². The van der Waals surface area contributed by atoms with E-state index in [1.165, 1.54) is 17.0 Å². The molecule has 0 bridgehead atoms. The SMILES string of the molecule is Cc1c(C(=O)O)cccc1N1CC(S(N)(=O)=O)CC1=O. The number of anilines is 1. The van der Waals surface area contributed by atoms with Crippen molar-refractivity contribution in [1.29, 1.82) is 0 Å². The van der Waals surface area contributed by atoms with Crippen LogP contribution in [0.3, 0.4) is 0 Å². The van der Waals surface area contributed by atoms with Crippen molar-refractivity contribution < 1.29 is 23.1 Å². The fourth-order valence-corrected chi connectivity index (χ4v) is 3.01. The summed E-state index contributed by atoms with van der Waals surface area (Å²) in [5.41, 5.74) is 0.902. The molecule has 1 aromatic rings. The van der Waals surface area contributed by atoms with Crippen LogP contribution in [0.25, 0.3) is 0 Å². The van der Waals surface area contributed by atoms with Gasteiger partial charge in [-0.25, -0.2) is 18.4 Å². The van der Waals surface area contributed by atoms with Gasteiger partial charge < -0.3 is 10.0 Å². The Balaban J connectivity index is 2.41. The van der Waals surface area contributed by atoms with Crippen molar-refractivity contribution in [3.8, 4) is 0 Å². The fourth-order valence-electron chi connectivity index (χ4n) is 2.28. The van der Waals surface area contributed by atoms with Crippen LogP contribution in [0, 0.1) is 6.92 Å². The number of sulfonamides is 1. The third kappa shape index (κ3) is 2.52. The first-order valence-electron chi connectivity index (χ1n) is 5.86. The number of carbonyl (C=O) groups is 2. The predicted molar refractivity (Wildman–Crippen MR) is 72.0 cm³/mol. The lowest BCUT2D eigenvalue weighted by Gasteiger charge is -2.19. The van der Waals surface area contributed by atoms with Gasteiger partial charge in [0.05, 0.1) is 5.56 Å². The van der Waals surface area contributed by atoms with E-state index < -0.39 is 21.2 Å². The van der Waals surface area contributed by atoms with Crippen molar-refractivity contribution in [1.82, 2.24) is 0 Å². The minimum Gasteiger partial charge on any atom is -0.478 e. The first-order chi connectivity index (χ1) is 9.21. The van der Waals surface area contributed by atoms with Crippen LogP contribution in [0.15, 0.2) is 18.2 Å². The quantitative estimate of drug-likeness (QED) is 0.819. The minimum atomic E-state index is -3.79. The standard InChI is InChI=1S/C12H14N2O5S/c1-7-9(12(16)17)3-2-4-10(7)14-6-8(5-11(14)15)20(13,18)19/h2-4,8H,5-6H2,1H3,(H,16,17)(H2,13,18,19). The molecule has 1 aliphatic rings. The summed E-state index contributed by atoms with van der Waals surface area (Å²) in [5.74, 6) is -1.48. The number of benzene rings is 1. The molecule has 1 unspecified atom stereocenters. The van der Waals surface area contributed by atoms with Crippen LogP contribution in [0.2, 0.25) is 0 Å². The zero-order valence-corrected chi connectivity index (χ0v) is 11.6. The lowest BCUT2D eigenvalue weighted by atomic mass is 10.1. The first kappa shape index (κ1) is 14.5. The summed E-state index contributed by atoms with van der Waals surface area (Å²) >= 11 is 0. The number of hydrogen-bond donors (Lipinski definition) is 2. The Morgan fingerprint density at radius 1 is 1.45 bits per heavy atom. The topological polar surface area (TPSA) is 118 Å². The average molecular weight is 298 g/mol. The van der Waals surface area contributed by atoms with Crippen molar-refractivity contribution in [2.75, 3.05) is 11.4 Å². The Morgan fingerprint density at radius 3 is 2.60 bits per heavy atom. The van der Waals surface area contributed by atoms with Gasteiger partial charge in [-0.3, -0.25) is 4.79 Å². The Kier molecular flexibility index (Phi) is 3.53. The summed E-state index contributed by atoms with van der Waals surface area (Å²) in [4.78, 5) is 24.3. The molecule has 3 N–H and O–H groups in total. The molecule has 1 aromatic carbocycles. The Morgan fingerprint density at radius 2 is 2.10 bits per heavy atom. The lowest BCUT2D eigenvalue weighted by molar-refractivity contribution is -0.117. The van der Waals surface area contributed by atoms with Crippen LogP contribution in [0.4, 0.5) is 5.69 Å². The van der Waals surface area contributed by atoms with E-state index in [1.807, 2.05) is 0 Å². The predicted octanol–water partition coefficient (Wildman–Crippen LogP) is 0.0870. The van der Waals surface area contributed by atoms with Gasteiger partial charge in [-0.05, 0) is 24.6 Å². The highest BCUT2D eigenvalue weighted by atomic mass is 32.2. The van der Waals surface area contributed by atoms with Gasteiger partial charge >= 0.3 is 5.97 Å². The summed E-state index contributed by atoms with van der Waals surface area (Å²) in [7, 11) is -3.79. The highest BCUT2D eigenvalue weighted by molar-refractivity contribution is 7.89. The number of rotatable bonds is 3. The molecule has 1 saturated heterocycles. The third-order valence-corrected chi connectivity index (χ3v) is 4.63. The van der Waals surface area contributed by atoms with Gasteiger partial charge in [-0.1, -0.05) is 6.07 Å². The number of aromatic carboxylic acids is 1. The van der Waals surface area contributed by atoms with E-state index >= 15 is 0 Å². The van der Waals surface area contributed by atoms with Crippen molar-refractivity contribution >= 4 is 27.6 Å². The van der Waals surface area contributed by atoms with E-state index in [-0.39, 0.29) is 24.4 Å². The normalized spacial score (nSPS) is 19.4. The average Bonchev–Trinajstić information content (AvgIpc) is 2.71. The largest absolute Gasteiger partial charge is 0.478 e. The van der Waals surface area contributed by atoms with E-state index in [1.54, 1.807) is 13.0 Å². The number of nitrogens with two attached hydrogens (primary N) is 1. The number of nitrogens with zero attached hydrogens (tertiary/aromatic N) is 1. The van der Waals surface area contributed by atoms with Gasteiger partial charge in [0.1, 0.15) is 5.25 Å². The van der Waals surface area contributed by atoms with Crippen molar-refractivity contribution in [3.05, 3.63) is 29.3 Å². The molecule has 1 atom stereocenters. The summed E-state index contributed by atoms with van der Waals surface area (Å²) in [6.45, 7) is 1.53. The van der Waals surface area contributed by atoms with Gasteiger partial charge in [-0.2, -0.15) is 0 Å². The molecule has 1 aliphatic heterocycles. The van der Waals surface area contributed by atoms with Crippen LogP contribution >= 0.6 is 0 Å². The van der Waals surface area contributed by atoms with E-state index in [2.05, 4.69) is 0 Å². The number of amides is 1. The van der Waals surface area contributed by atoms with Crippen LogP contribution in [-0.2, 0) is 14.8 Å². The molecule has 0 aromatic heterocycles. The molecule has 0 spiro atoms. The molecule has 0 saturated carbocycles. The summed E-state index contributed by atoms with van der Waals surface area (Å²) < 4.78 is 22.6. The molecular weight excluding hydrogens is 284 g/mol. The second-order valence-corrected chi connectivity index (χ2v) is 6.52. The maximum atomic E-state index is 11.9. The van der Waals surface area contributed by atoms with Crippen LogP contribution in [0.1, 0.15) is 22.3 Å². The smallest absolute Gasteiger partial charge is 0.336 e. The maximum Gasteiger partial charge on any atom is 0.336 e. The van der Waals surface area contributed by atoms with Gasteiger partial charge in [0, 0.05) is 18.7 Å². The number of hydrogen-bond acceptors (Lipinski definition) is 4. The van der Waals surface area contributed by atoms with Crippen molar-refractivity contribution in [3.63, 3.8) is 0 Å². The molecule has 1 fully saturated rings. The lowest BCUT2D eigenvalue weighted by Crippen LogP contribution is -2.32. The van der Waals surface area contributed by atoms with E-state index in [0.29, 0.717) is 11.3 Å². The molecule has 8 heteroatoms. The zero-order valence-electron chi connectivity index (χ0n) is 10.7. The molecular formula is C12H14N2O5S. The Bertz CT molecular complexity index is 683. The fraction of sp³-hybridized carbons (Fsp3) is 0.333.